The van der Waals surface area contributed by atoms with Gasteiger partial charge in [0.25, 0.3) is 0 Å². The van der Waals surface area contributed by atoms with Crippen LogP contribution in [0.2, 0.25) is 0 Å². The molecule has 0 fully saturated rings. The quantitative estimate of drug-likeness (QED) is 0.745. The molecule has 1 aromatic carbocycles. The van der Waals surface area contributed by atoms with Crippen molar-refractivity contribution < 1.29 is 0 Å². The van der Waals surface area contributed by atoms with E-state index >= 15 is 0 Å². The Bertz CT molecular complexity index is 462. The summed E-state index contributed by atoms with van der Waals surface area (Å²) in [7, 11) is 1.72. The molecule has 14 heavy (non-hydrogen) atoms. The predicted molar refractivity (Wildman–Crippen MR) is 73.1 cm³/mol. The molecule has 0 N–H and O–H groups in total. The van der Waals surface area contributed by atoms with E-state index in [4.69, 9.17) is 0 Å². The fourth-order valence-electron chi connectivity index (χ4n) is 1.80. The van der Waals surface area contributed by atoms with Gasteiger partial charge >= 0.3 is 0 Å². The van der Waals surface area contributed by atoms with E-state index in [-0.39, 0.29) is 0 Å². The number of hydrogen-bond acceptors (Lipinski definition) is 1. The lowest BCUT2D eigenvalue weighted by Gasteiger charge is -2.04. The Morgan fingerprint density at radius 1 is 1.43 bits per heavy atom. The number of aryl methyl sites for hydroxylation is 2. The average molecular weight is 317 g/mol. The first kappa shape index (κ1) is 10.4. The highest BCUT2D eigenvalue weighted by Gasteiger charge is 2.05. The van der Waals surface area contributed by atoms with Gasteiger partial charge in [0.1, 0.15) is 0 Å². The van der Waals surface area contributed by atoms with Gasteiger partial charge in [-0.15, -0.1) is 0 Å². The largest absolute Gasteiger partial charge is 0.282 e. The Labute approximate surface area is 101 Å². The highest BCUT2D eigenvalue weighted by Crippen LogP contribution is 2.28. The Balaban J connectivity index is 2.72. The van der Waals surface area contributed by atoms with E-state index in [0.29, 0.717) is 0 Å². The second kappa shape index (κ2) is 4.14. The smallest absolute Gasteiger partial charge is 0.0627 e. The molecule has 0 unspecified atom stereocenters. The molecule has 0 saturated heterocycles. The molecule has 74 valence electrons. The zero-order chi connectivity index (χ0) is 10.1. The number of halogens is 1. The average Bonchev–Trinajstić information content (AvgIpc) is 2.61. The van der Waals surface area contributed by atoms with Gasteiger partial charge in [0.2, 0.25) is 0 Å². The second-order valence-electron chi connectivity index (χ2n) is 3.41. The molecule has 0 saturated carbocycles. The first-order valence-corrected chi connectivity index (χ1v) is 7.97. The Morgan fingerprint density at radius 2 is 2.21 bits per heavy atom. The molecule has 0 aliphatic rings. The van der Waals surface area contributed by atoms with Gasteiger partial charge in [-0.05, 0) is 36.6 Å². The summed E-state index contributed by atoms with van der Waals surface area (Å²) in [4.78, 5) is 0. The van der Waals surface area contributed by atoms with Crippen molar-refractivity contribution in [1.82, 2.24) is 3.97 Å². The van der Waals surface area contributed by atoms with E-state index in [1.54, 1.807) is 9.12 Å². The lowest BCUT2D eigenvalue weighted by Crippen LogP contribution is -1.87. The van der Waals surface area contributed by atoms with Crippen LogP contribution in [0.5, 0.6) is 0 Å². The minimum atomic E-state index is 1.11. The summed E-state index contributed by atoms with van der Waals surface area (Å²) in [5.41, 5.74) is 4.14. The molecule has 3 heteroatoms. The van der Waals surface area contributed by atoms with Crippen LogP contribution in [0.25, 0.3) is 10.9 Å². The van der Waals surface area contributed by atoms with Gasteiger partial charge < -0.3 is 0 Å². The van der Waals surface area contributed by atoms with E-state index in [2.05, 4.69) is 63.4 Å². The maximum atomic E-state index is 2.31. The monoisotopic (exact) mass is 317 g/mol. The van der Waals surface area contributed by atoms with Gasteiger partial charge in [-0.1, -0.05) is 13.0 Å². The molecule has 2 aromatic rings. The minimum Gasteiger partial charge on any atom is -0.282 e. The standard InChI is InChI=1S/C11H12INS/c1-3-9-6-8(2)11-10(7-9)4-5-13(11)14-12/h4-7H,3H2,1-2H3. The third kappa shape index (κ3) is 1.67. The predicted octanol–water partition coefficient (Wildman–Crippen LogP) is 4.36. The summed E-state index contributed by atoms with van der Waals surface area (Å²) >= 11 is 2.31. The third-order valence-electron chi connectivity index (χ3n) is 2.48. The van der Waals surface area contributed by atoms with Gasteiger partial charge in [0.05, 0.1) is 5.52 Å². The summed E-state index contributed by atoms with van der Waals surface area (Å²) in [6.07, 6.45) is 3.24. The van der Waals surface area contributed by atoms with Crippen LogP contribution < -0.4 is 0 Å². The molecule has 0 amide bonds. The van der Waals surface area contributed by atoms with Crippen LogP contribution in [-0.2, 0) is 6.42 Å². The molecule has 0 aliphatic carbocycles. The van der Waals surface area contributed by atoms with Gasteiger partial charge in [0.15, 0.2) is 0 Å². The SMILES string of the molecule is CCc1cc(C)c2c(ccn2SI)c1. The highest BCUT2D eigenvalue weighted by atomic mass is 127. The molecule has 0 aliphatic heterocycles. The summed E-state index contributed by atoms with van der Waals surface area (Å²) < 4.78 is 2.21. The van der Waals surface area contributed by atoms with Crippen LogP contribution in [0.4, 0.5) is 0 Å². The summed E-state index contributed by atoms with van der Waals surface area (Å²) in [5.74, 6) is 0. The van der Waals surface area contributed by atoms with E-state index < -0.39 is 0 Å². The van der Waals surface area contributed by atoms with Crippen molar-refractivity contribution in [3.05, 3.63) is 35.5 Å². The first-order chi connectivity index (χ1) is 6.76. The molecule has 0 radical (unpaired) electrons. The van der Waals surface area contributed by atoms with Crippen LogP contribution in [0.1, 0.15) is 18.1 Å². The fourth-order valence-corrected chi connectivity index (χ4v) is 3.21. The normalized spacial score (nSPS) is 11.1. The molecule has 0 bridgehead atoms. The van der Waals surface area contributed by atoms with E-state index in [0.717, 1.165) is 6.42 Å². The fraction of sp³-hybridized carbons (Fsp3) is 0.273. The Hall–Kier alpha value is -0.160. The maximum absolute atomic E-state index is 2.31. The number of nitrogens with zero attached hydrogens (tertiary/aromatic N) is 1. The van der Waals surface area contributed by atoms with E-state index in [1.807, 2.05) is 0 Å². The lowest BCUT2D eigenvalue weighted by molar-refractivity contribution is 1.14. The van der Waals surface area contributed by atoms with Gasteiger partial charge in [0, 0.05) is 41.9 Å². The summed E-state index contributed by atoms with van der Waals surface area (Å²) in [6, 6.07) is 6.75. The summed E-state index contributed by atoms with van der Waals surface area (Å²) in [5, 5.41) is 1.35. The number of aromatic nitrogens is 1. The zero-order valence-corrected chi connectivity index (χ0v) is 11.2. The van der Waals surface area contributed by atoms with Crippen LogP contribution in [0, 0.1) is 6.92 Å². The van der Waals surface area contributed by atoms with Gasteiger partial charge in [-0.25, -0.2) is 0 Å². The topological polar surface area (TPSA) is 4.93 Å². The molecule has 0 spiro atoms. The van der Waals surface area contributed by atoms with Crippen molar-refractivity contribution in [2.24, 2.45) is 0 Å². The van der Waals surface area contributed by atoms with Crippen molar-refractivity contribution in [1.29, 1.82) is 0 Å². The maximum Gasteiger partial charge on any atom is 0.0627 e. The number of benzene rings is 1. The summed E-state index contributed by atoms with van der Waals surface area (Å²) in [6.45, 7) is 4.38. The highest BCUT2D eigenvalue weighted by molar-refractivity contribution is 14.2. The second-order valence-corrected chi connectivity index (χ2v) is 5.13. The molecule has 1 heterocycles. The van der Waals surface area contributed by atoms with Gasteiger partial charge in [-0.3, -0.25) is 3.97 Å². The molecule has 1 aromatic heterocycles. The van der Waals surface area contributed by atoms with Crippen molar-refractivity contribution in [3.63, 3.8) is 0 Å². The van der Waals surface area contributed by atoms with Crippen LogP contribution >= 0.6 is 30.3 Å². The van der Waals surface area contributed by atoms with Crippen LogP contribution in [-0.4, -0.2) is 3.97 Å². The van der Waals surface area contributed by atoms with Crippen molar-refractivity contribution in [2.45, 2.75) is 20.3 Å². The van der Waals surface area contributed by atoms with Gasteiger partial charge in [-0.2, -0.15) is 0 Å². The number of fused-ring (bicyclic) bond motifs is 1. The number of rotatable bonds is 2. The van der Waals surface area contributed by atoms with Crippen molar-refractivity contribution in [2.75, 3.05) is 0 Å². The molecule has 0 atom stereocenters. The molecule has 1 nitrogen and oxygen atoms in total. The lowest BCUT2D eigenvalue weighted by atomic mass is 10.1. The number of hydrogen-bond donors (Lipinski definition) is 0. The van der Waals surface area contributed by atoms with E-state index in [9.17, 15) is 0 Å². The molecular weight excluding hydrogens is 305 g/mol. The first-order valence-electron chi connectivity index (χ1n) is 4.66. The van der Waals surface area contributed by atoms with Crippen molar-refractivity contribution in [3.8, 4) is 0 Å². The van der Waals surface area contributed by atoms with E-state index in [1.165, 1.54) is 22.0 Å². The molecule has 2 rings (SSSR count). The van der Waals surface area contributed by atoms with Crippen molar-refractivity contribution >= 4 is 41.2 Å². The Kier molecular flexibility index (Phi) is 3.07. The molecular formula is C11H12INS. The van der Waals surface area contributed by atoms with Crippen LogP contribution in [0.15, 0.2) is 24.4 Å². The minimum absolute atomic E-state index is 1.11. The third-order valence-corrected chi connectivity index (χ3v) is 4.21. The Morgan fingerprint density at radius 3 is 2.86 bits per heavy atom. The zero-order valence-electron chi connectivity index (χ0n) is 8.25. The van der Waals surface area contributed by atoms with Crippen LogP contribution in [0.3, 0.4) is 0 Å².